The van der Waals surface area contributed by atoms with Crippen LogP contribution in [0.2, 0.25) is 0 Å². The molecule has 7 nitrogen and oxygen atoms in total. The Bertz CT molecular complexity index is 1360. The maximum Gasteiger partial charge on any atom is 0.350 e. The van der Waals surface area contributed by atoms with Crippen LogP contribution in [0.25, 0.3) is 10.9 Å². The quantitative estimate of drug-likeness (QED) is 0.226. The van der Waals surface area contributed by atoms with Gasteiger partial charge in [0.25, 0.3) is 0 Å². The lowest BCUT2D eigenvalue weighted by molar-refractivity contribution is -0.115. The largest absolute Gasteiger partial charge is 0.494 e. The maximum atomic E-state index is 12.5. The van der Waals surface area contributed by atoms with E-state index in [-0.39, 0.29) is 18.9 Å². The predicted molar refractivity (Wildman–Crippen MR) is 139 cm³/mol. The Labute approximate surface area is 211 Å². The number of thiazole rings is 1. The third kappa shape index (κ3) is 6.17. The normalized spacial score (nSPS) is 10.8. The number of hydrogen-bond donors (Lipinski definition) is 1. The van der Waals surface area contributed by atoms with E-state index in [0.29, 0.717) is 21.5 Å². The van der Waals surface area contributed by atoms with Crippen molar-refractivity contribution in [2.24, 2.45) is 0 Å². The van der Waals surface area contributed by atoms with Crippen LogP contribution in [0.1, 0.15) is 32.9 Å². The molecule has 0 spiro atoms. The van der Waals surface area contributed by atoms with Crippen molar-refractivity contribution in [3.8, 4) is 5.75 Å². The number of fused-ring (bicyclic) bond motifs is 1. The van der Waals surface area contributed by atoms with Crippen LogP contribution in [0.4, 0.5) is 5.13 Å². The number of amides is 1. The summed E-state index contributed by atoms with van der Waals surface area (Å²) in [6, 6.07) is 17.3. The molecule has 0 aliphatic heterocycles. The molecule has 0 saturated heterocycles. The summed E-state index contributed by atoms with van der Waals surface area (Å²) in [5, 5.41) is 5.05. The number of thioether (sulfide) groups is 1. The number of esters is 1. The van der Waals surface area contributed by atoms with Crippen LogP contribution in [0.15, 0.2) is 59.6 Å². The van der Waals surface area contributed by atoms with Gasteiger partial charge in [0, 0.05) is 17.6 Å². The number of methoxy groups -OCH3 is 1. The molecular weight excluding hydrogens is 482 g/mol. The SMILES string of the molecule is COc1cccc2c(C)cc(SCCC(=O)Nc3nc(C)c(C(=O)OCc4ccccc4)s3)nc12. The minimum Gasteiger partial charge on any atom is -0.494 e. The molecular formula is C26H25N3O4S2. The number of nitrogens with one attached hydrogen (secondary N) is 1. The zero-order valence-corrected chi connectivity index (χ0v) is 21.3. The number of ether oxygens (including phenoxy) is 2. The lowest BCUT2D eigenvalue weighted by Crippen LogP contribution is -2.12. The van der Waals surface area contributed by atoms with Crippen molar-refractivity contribution in [2.75, 3.05) is 18.2 Å². The summed E-state index contributed by atoms with van der Waals surface area (Å²) in [6.45, 7) is 3.95. The van der Waals surface area contributed by atoms with Crippen molar-refractivity contribution < 1.29 is 19.1 Å². The molecule has 0 radical (unpaired) electrons. The predicted octanol–water partition coefficient (Wildman–Crippen LogP) is 5.79. The van der Waals surface area contributed by atoms with Gasteiger partial charge in [-0.15, -0.1) is 11.8 Å². The number of aromatic nitrogens is 2. The van der Waals surface area contributed by atoms with Gasteiger partial charge in [-0.25, -0.2) is 14.8 Å². The van der Waals surface area contributed by atoms with E-state index in [1.165, 1.54) is 11.8 Å². The van der Waals surface area contributed by atoms with Gasteiger partial charge in [-0.2, -0.15) is 0 Å². The van der Waals surface area contributed by atoms with E-state index in [2.05, 4.69) is 10.3 Å². The number of nitrogens with zero attached hydrogens (tertiary/aromatic N) is 2. The highest BCUT2D eigenvalue weighted by Crippen LogP contribution is 2.30. The first-order valence-corrected chi connectivity index (χ1v) is 12.8. The van der Waals surface area contributed by atoms with Crippen molar-refractivity contribution in [1.82, 2.24) is 9.97 Å². The molecule has 0 saturated carbocycles. The number of carbonyl (C=O) groups is 2. The number of pyridine rings is 1. The number of benzene rings is 2. The number of hydrogen-bond acceptors (Lipinski definition) is 8. The highest BCUT2D eigenvalue weighted by atomic mass is 32.2. The van der Waals surface area contributed by atoms with Gasteiger partial charge in [0.1, 0.15) is 22.8 Å². The van der Waals surface area contributed by atoms with E-state index in [0.717, 1.165) is 44.1 Å². The molecule has 1 N–H and O–H groups in total. The third-order valence-corrected chi connectivity index (χ3v) is 7.19. The highest BCUT2D eigenvalue weighted by molar-refractivity contribution is 7.99. The fourth-order valence-electron chi connectivity index (χ4n) is 3.46. The van der Waals surface area contributed by atoms with Crippen LogP contribution in [0.3, 0.4) is 0 Å². The summed E-state index contributed by atoms with van der Waals surface area (Å²) < 4.78 is 10.8. The summed E-state index contributed by atoms with van der Waals surface area (Å²) in [5.41, 5.74) is 3.35. The maximum absolute atomic E-state index is 12.5. The van der Waals surface area contributed by atoms with Crippen molar-refractivity contribution in [2.45, 2.75) is 31.9 Å². The van der Waals surface area contributed by atoms with E-state index in [9.17, 15) is 9.59 Å². The zero-order valence-electron chi connectivity index (χ0n) is 19.7. The van der Waals surface area contributed by atoms with Gasteiger partial charge >= 0.3 is 5.97 Å². The van der Waals surface area contributed by atoms with Gasteiger partial charge in [-0.3, -0.25) is 4.79 Å². The Kier molecular flexibility index (Phi) is 7.99. The molecule has 0 unspecified atom stereocenters. The summed E-state index contributed by atoms with van der Waals surface area (Å²) >= 11 is 2.62. The average molecular weight is 508 g/mol. The number of rotatable bonds is 9. The molecule has 0 aliphatic rings. The van der Waals surface area contributed by atoms with Crippen molar-refractivity contribution in [3.63, 3.8) is 0 Å². The summed E-state index contributed by atoms with van der Waals surface area (Å²) in [6.07, 6.45) is 0.280. The molecule has 2 heterocycles. The lowest BCUT2D eigenvalue weighted by Gasteiger charge is -2.09. The Morgan fingerprint density at radius 1 is 1.06 bits per heavy atom. The minimum atomic E-state index is -0.451. The molecule has 35 heavy (non-hydrogen) atoms. The average Bonchev–Trinajstić information content (AvgIpc) is 3.22. The van der Waals surface area contributed by atoms with Gasteiger partial charge in [-0.1, -0.05) is 53.8 Å². The van der Waals surface area contributed by atoms with Crippen LogP contribution < -0.4 is 10.1 Å². The van der Waals surface area contributed by atoms with Crippen LogP contribution in [-0.2, 0) is 16.1 Å². The second-order valence-corrected chi connectivity index (χ2v) is 9.89. The Balaban J connectivity index is 1.31. The number of para-hydroxylation sites is 1. The van der Waals surface area contributed by atoms with Crippen molar-refractivity contribution in [1.29, 1.82) is 0 Å². The number of anilines is 1. The van der Waals surface area contributed by atoms with Gasteiger partial charge in [0.2, 0.25) is 5.91 Å². The molecule has 4 aromatic rings. The number of aryl methyl sites for hydroxylation is 2. The molecule has 0 bridgehead atoms. The van der Waals surface area contributed by atoms with Gasteiger partial charge in [0.15, 0.2) is 5.13 Å². The monoisotopic (exact) mass is 507 g/mol. The standard InChI is InChI=1S/C26H25N3O4S2/c1-16-14-22(29-23-19(16)10-7-11-20(23)32-3)34-13-12-21(30)28-26-27-17(2)24(35-26)25(31)33-15-18-8-5-4-6-9-18/h4-11,14H,12-13,15H2,1-3H3,(H,27,28,30). The smallest absolute Gasteiger partial charge is 0.350 e. The van der Waals surface area contributed by atoms with Crippen LogP contribution in [0, 0.1) is 13.8 Å². The van der Waals surface area contributed by atoms with Crippen LogP contribution in [0.5, 0.6) is 5.75 Å². The van der Waals surface area contributed by atoms with E-state index in [1.807, 2.05) is 61.5 Å². The lowest BCUT2D eigenvalue weighted by atomic mass is 10.1. The fourth-order valence-corrected chi connectivity index (χ4v) is 5.25. The van der Waals surface area contributed by atoms with Crippen molar-refractivity contribution in [3.05, 3.63) is 76.3 Å². The second kappa shape index (κ2) is 11.3. The minimum absolute atomic E-state index is 0.175. The van der Waals surface area contributed by atoms with Crippen LogP contribution in [-0.4, -0.2) is 34.7 Å². The van der Waals surface area contributed by atoms with E-state index in [4.69, 9.17) is 14.5 Å². The second-order valence-electron chi connectivity index (χ2n) is 7.78. The molecule has 1 amide bonds. The molecule has 0 atom stereocenters. The van der Waals surface area contributed by atoms with Gasteiger partial charge in [0.05, 0.1) is 17.8 Å². The Morgan fingerprint density at radius 2 is 1.86 bits per heavy atom. The molecule has 2 aromatic carbocycles. The summed E-state index contributed by atoms with van der Waals surface area (Å²) in [7, 11) is 1.63. The molecule has 180 valence electrons. The summed E-state index contributed by atoms with van der Waals surface area (Å²) in [4.78, 5) is 34.3. The van der Waals surface area contributed by atoms with Gasteiger partial charge < -0.3 is 14.8 Å². The Hall–Kier alpha value is -3.43. The molecule has 0 aliphatic carbocycles. The fraction of sp³-hybridized carbons (Fsp3) is 0.231. The Morgan fingerprint density at radius 3 is 2.63 bits per heavy atom. The zero-order chi connectivity index (χ0) is 24.8. The summed E-state index contributed by atoms with van der Waals surface area (Å²) in [5.74, 6) is 0.650. The van der Waals surface area contributed by atoms with E-state index < -0.39 is 5.97 Å². The van der Waals surface area contributed by atoms with Crippen LogP contribution >= 0.6 is 23.1 Å². The van der Waals surface area contributed by atoms with Gasteiger partial charge in [-0.05, 0) is 37.1 Å². The number of carbonyl (C=O) groups excluding carboxylic acids is 2. The molecule has 2 aromatic heterocycles. The highest BCUT2D eigenvalue weighted by Gasteiger charge is 2.18. The first-order valence-electron chi connectivity index (χ1n) is 11.0. The van der Waals surface area contributed by atoms with E-state index in [1.54, 1.807) is 14.0 Å². The van der Waals surface area contributed by atoms with Crippen molar-refractivity contribution >= 4 is 51.0 Å². The third-order valence-electron chi connectivity index (χ3n) is 5.23. The molecule has 9 heteroatoms. The van der Waals surface area contributed by atoms with E-state index >= 15 is 0 Å². The first-order chi connectivity index (χ1) is 16.9. The first kappa shape index (κ1) is 24.7. The molecule has 4 rings (SSSR count). The molecule has 0 fully saturated rings. The topological polar surface area (TPSA) is 90.4 Å².